The zero-order valence-electron chi connectivity index (χ0n) is 11.8. The Morgan fingerprint density at radius 2 is 2.05 bits per heavy atom. The summed E-state index contributed by atoms with van der Waals surface area (Å²) < 4.78 is 0. The van der Waals surface area contributed by atoms with Crippen LogP contribution in [0.3, 0.4) is 0 Å². The molecule has 0 aliphatic carbocycles. The number of aliphatic hydroxyl groups is 1. The van der Waals surface area contributed by atoms with Gasteiger partial charge < -0.3 is 15.7 Å². The van der Waals surface area contributed by atoms with E-state index in [9.17, 15) is 4.79 Å². The van der Waals surface area contributed by atoms with Crippen LogP contribution < -0.4 is 10.6 Å². The van der Waals surface area contributed by atoms with Crippen molar-refractivity contribution in [2.45, 2.75) is 33.1 Å². The first kappa shape index (κ1) is 15.5. The molecular weight excluding hydrogens is 240 g/mol. The number of hydrogen-bond donors (Lipinski definition) is 3. The molecule has 19 heavy (non-hydrogen) atoms. The summed E-state index contributed by atoms with van der Waals surface area (Å²) in [5.41, 5.74) is 2.62. The quantitative estimate of drug-likeness (QED) is 0.631. The molecule has 0 heterocycles. The van der Waals surface area contributed by atoms with Gasteiger partial charge in [0.05, 0.1) is 6.61 Å². The van der Waals surface area contributed by atoms with Crippen molar-refractivity contribution < 1.29 is 9.90 Å². The molecule has 0 fully saturated rings. The number of benzene rings is 1. The monoisotopic (exact) mass is 264 g/mol. The Labute approximate surface area is 115 Å². The van der Waals surface area contributed by atoms with Crippen LogP contribution in [0.15, 0.2) is 18.2 Å². The number of unbranched alkanes of at least 4 members (excludes halogenated alkanes) is 2. The molecule has 1 aromatic rings. The topological polar surface area (TPSA) is 61.4 Å². The van der Waals surface area contributed by atoms with Crippen LogP contribution in [0, 0.1) is 6.92 Å². The van der Waals surface area contributed by atoms with Gasteiger partial charge in [0.1, 0.15) is 0 Å². The molecule has 0 atom stereocenters. The summed E-state index contributed by atoms with van der Waals surface area (Å²) in [6, 6.07) is 5.67. The van der Waals surface area contributed by atoms with Crippen molar-refractivity contribution in [3.8, 4) is 0 Å². The van der Waals surface area contributed by atoms with Gasteiger partial charge in [-0.1, -0.05) is 25.8 Å². The molecule has 0 aliphatic heterocycles. The molecule has 0 saturated carbocycles. The Morgan fingerprint density at radius 1 is 1.26 bits per heavy atom. The third-order valence-corrected chi connectivity index (χ3v) is 3.07. The van der Waals surface area contributed by atoms with E-state index >= 15 is 0 Å². The molecule has 0 aliphatic rings. The highest BCUT2D eigenvalue weighted by atomic mass is 16.3. The van der Waals surface area contributed by atoms with E-state index in [0.717, 1.165) is 24.2 Å². The Balaban J connectivity index is 2.66. The van der Waals surface area contributed by atoms with E-state index < -0.39 is 0 Å². The van der Waals surface area contributed by atoms with E-state index in [0.29, 0.717) is 5.56 Å². The molecular formula is C15H24N2O2. The predicted molar refractivity (Wildman–Crippen MR) is 78.6 cm³/mol. The minimum Gasteiger partial charge on any atom is -0.395 e. The van der Waals surface area contributed by atoms with Gasteiger partial charge in [-0.05, 0) is 31.0 Å². The van der Waals surface area contributed by atoms with Crippen LogP contribution >= 0.6 is 0 Å². The van der Waals surface area contributed by atoms with Crippen LogP contribution in [0.25, 0.3) is 0 Å². The second-order valence-electron chi connectivity index (χ2n) is 4.59. The highest BCUT2D eigenvalue weighted by molar-refractivity contribution is 5.97. The highest BCUT2D eigenvalue weighted by Gasteiger charge is 2.10. The third-order valence-electron chi connectivity index (χ3n) is 3.07. The fourth-order valence-corrected chi connectivity index (χ4v) is 1.94. The zero-order valence-corrected chi connectivity index (χ0v) is 11.8. The molecule has 4 nitrogen and oxygen atoms in total. The third kappa shape index (κ3) is 4.91. The molecule has 0 unspecified atom stereocenters. The maximum atomic E-state index is 11.9. The minimum atomic E-state index is -0.135. The van der Waals surface area contributed by atoms with Gasteiger partial charge >= 0.3 is 0 Å². The molecule has 0 aromatic heterocycles. The SMILES string of the molecule is CCCCCNc1cccc(C(=O)NCCO)c1C. The summed E-state index contributed by atoms with van der Waals surface area (Å²) >= 11 is 0. The lowest BCUT2D eigenvalue weighted by molar-refractivity contribution is 0.0944. The molecule has 4 heteroatoms. The van der Waals surface area contributed by atoms with E-state index in [1.807, 2.05) is 19.1 Å². The van der Waals surface area contributed by atoms with E-state index in [1.165, 1.54) is 12.8 Å². The lowest BCUT2D eigenvalue weighted by atomic mass is 10.1. The molecule has 0 saturated heterocycles. The molecule has 106 valence electrons. The van der Waals surface area contributed by atoms with Crippen LogP contribution in [0.2, 0.25) is 0 Å². The summed E-state index contributed by atoms with van der Waals surface area (Å²) in [7, 11) is 0. The van der Waals surface area contributed by atoms with Gasteiger partial charge in [0.25, 0.3) is 5.91 Å². The van der Waals surface area contributed by atoms with Crippen LogP contribution in [0.1, 0.15) is 42.1 Å². The molecule has 0 spiro atoms. The van der Waals surface area contributed by atoms with E-state index in [2.05, 4.69) is 17.6 Å². The minimum absolute atomic E-state index is 0.0419. The summed E-state index contributed by atoms with van der Waals surface area (Å²) in [6.07, 6.45) is 3.55. The van der Waals surface area contributed by atoms with E-state index in [-0.39, 0.29) is 19.1 Å². The van der Waals surface area contributed by atoms with Crippen molar-refractivity contribution in [2.75, 3.05) is 25.0 Å². The van der Waals surface area contributed by atoms with Crippen molar-refractivity contribution in [2.24, 2.45) is 0 Å². The van der Waals surface area contributed by atoms with Crippen molar-refractivity contribution in [1.82, 2.24) is 5.32 Å². The maximum Gasteiger partial charge on any atom is 0.251 e. The van der Waals surface area contributed by atoms with Crippen molar-refractivity contribution >= 4 is 11.6 Å². The Kier molecular flexibility index (Phi) is 6.97. The van der Waals surface area contributed by atoms with Crippen LogP contribution in [0.4, 0.5) is 5.69 Å². The highest BCUT2D eigenvalue weighted by Crippen LogP contribution is 2.19. The number of carbonyl (C=O) groups is 1. The van der Waals surface area contributed by atoms with Crippen molar-refractivity contribution in [3.63, 3.8) is 0 Å². The molecule has 1 aromatic carbocycles. The molecule has 0 radical (unpaired) electrons. The molecule has 0 bridgehead atoms. The smallest absolute Gasteiger partial charge is 0.251 e. The number of aliphatic hydroxyl groups excluding tert-OH is 1. The Bertz CT molecular complexity index is 405. The average Bonchev–Trinajstić information content (AvgIpc) is 2.42. The Morgan fingerprint density at radius 3 is 2.74 bits per heavy atom. The largest absolute Gasteiger partial charge is 0.395 e. The van der Waals surface area contributed by atoms with Gasteiger partial charge in [-0.15, -0.1) is 0 Å². The first-order valence-corrected chi connectivity index (χ1v) is 6.93. The normalized spacial score (nSPS) is 10.3. The maximum absolute atomic E-state index is 11.9. The zero-order chi connectivity index (χ0) is 14.1. The summed E-state index contributed by atoms with van der Waals surface area (Å²) in [5.74, 6) is -0.135. The second-order valence-corrected chi connectivity index (χ2v) is 4.59. The summed E-state index contributed by atoms with van der Waals surface area (Å²) in [4.78, 5) is 11.9. The summed E-state index contributed by atoms with van der Waals surface area (Å²) in [6.45, 7) is 5.29. The van der Waals surface area contributed by atoms with Gasteiger partial charge in [0.15, 0.2) is 0 Å². The average molecular weight is 264 g/mol. The molecule has 3 N–H and O–H groups in total. The number of nitrogens with one attached hydrogen (secondary N) is 2. The van der Waals surface area contributed by atoms with Gasteiger partial charge in [0.2, 0.25) is 0 Å². The lowest BCUT2D eigenvalue weighted by Gasteiger charge is -2.13. The van der Waals surface area contributed by atoms with Crippen molar-refractivity contribution in [3.05, 3.63) is 29.3 Å². The van der Waals surface area contributed by atoms with Crippen LogP contribution in [0.5, 0.6) is 0 Å². The van der Waals surface area contributed by atoms with Gasteiger partial charge in [-0.2, -0.15) is 0 Å². The van der Waals surface area contributed by atoms with Crippen LogP contribution in [-0.2, 0) is 0 Å². The summed E-state index contributed by atoms with van der Waals surface area (Å²) in [5, 5.41) is 14.8. The first-order chi connectivity index (χ1) is 9.20. The van der Waals surface area contributed by atoms with E-state index in [1.54, 1.807) is 6.07 Å². The lowest BCUT2D eigenvalue weighted by Crippen LogP contribution is -2.27. The van der Waals surface area contributed by atoms with Crippen LogP contribution in [-0.4, -0.2) is 30.7 Å². The van der Waals surface area contributed by atoms with Gasteiger partial charge in [-0.3, -0.25) is 4.79 Å². The predicted octanol–water partition coefficient (Wildman–Crippen LogP) is 2.32. The molecule has 1 rings (SSSR count). The number of hydrogen-bond acceptors (Lipinski definition) is 3. The second kappa shape index (κ2) is 8.53. The van der Waals surface area contributed by atoms with Gasteiger partial charge in [-0.25, -0.2) is 0 Å². The van der Waals surface area contributed by atoms with Crippen molar-refractivity contribution in [1.29, 1.82) is 0 Å². The Hall–Kier alpha value is -1.55. The van der Waals surface area contributed by atoms with E-state index in [4.69, 9.17) is 5.11 Å². The number of rotatable bonds is 8. The fraction of sp³-hybridized carbons (Fsp3) is 0.533. The fourth-order valence-electron chi connectivity index (χ4n) is 1.94. The number of anilines is 1. The van der Waals surface area contributed by atoms with Gasteiger partial charge in [0, 0.05) is 24.3 Å². The number of carbonyl (C=O) groups excluding carboxylic acids is 1. The first-order valence-electron chi connectivity index (χ1n) is 6.93. The standard InChI is InChI=1S/C15H24N2O2/c1-3-4-5-9-16-14-8-6-7-13(12(14)2)15(19)17-10-11-18/h6-8,16,18H,3-5,9-11H2,1-2H3,(H,17,19). The number of amides is 1. The molecule has 1 amide bonds.